The van der Waals surface area contributed by atoms with Crippen LogP contribution in [-0.2, 0) is 0 Å². The summed E-state index contributed by atoms with van der Waals surface area (Å²) in [7, 11) is 0. The van der Waals surface area contributed by atoms with Crippen molar-refractivity contribution in [2.45, 2.75) is 45.3 Å². The summed E-state index contributed by atoms with van der Waals surface area (Å²) in [6, 6.07) is 0.657. The molecule has 3 atom stereocenters. The summed E-state index contributed by atoms with van der Waals surface area (Å²) in [5, 5.41) is 12.4. The zero-order valence-electron chi connectivity index (χ0n) is 7.51. The molecule has 0 spiro atoms. The van der Waals surface area contributed by atoms with Crippen LogP contribution in [0.25, 0.3) is 0 Å². The van der Waals surface area contributed by atoms with Gasteiger partial charge in [-0.05, 0) is 25.7 Å². The van der Waals surface area contributed by atoms with E-state index in [0.29, 0.717) is 6.04 Å². The molecule has 0 unspecified atom stereocenters. The zero-order valence-corrected chi connectivity index (χ0v) is 7.51. The zero-order chi connectivity index (χ0) is 8.27. The first-order valence-electron chi connectivity index (χ1n) is 4.61. The first-order chi connectivity index (χ1) is 5.20. The molecule has 66 valence electrons. The van der Waals surface area contributed by atoms with Crippen LogP contribution in [0.3, 0.4) is 0 Å². The van der Waals surface area contributed by atoms with Crippen LogP contribution in [0.4, 0.5) is 0 Å². The van der Waals surface area contributed by atoms with E-state index < -0.39 is 0 Å². The molecule has 1 fully saturated rings. The van der Waals surface area contributed by atoms with Crippen molar-refractivity contribution in [1.29, 1.82) is 0 Å². The van der Waals surface area contributed by atoms with E-state index in [2.05, 4.69) is 12.2 Å². The topological polar surface area (TPSA) is 32.3 Å². The van der Waals surface area contributed by atoms with Crippen molar-refractivity contribution in [3.05, 3.63) is 0 Å². The predicted molar refractivity (Wildman–Crippen MR) is 46.5 cm³/mol. The molecule has 0 aliphatic heterocycles. The molecule has 0 heterocycles. The van der Waals surface area contributed by atoms with Gasteiger partial charge >= 0.3 is 0 Å². The average Bonchev–Trinajstić information content (AvgIpc) is 2.31. The predicted octanol–water partition coefficient (Wildman–Crippen LogP) is 1.15. The molecule has 0 aromatic rings. The third-order valence-electron chi connectivity index (χ3n) is 2.54. The Morgan fingerprint density at radius 1 is 1.55 bits per heavy atom. The molecule has 1 rings (SSSR count). The van der Waals surface area contributed by atoms with Crippen molar-refractivity contribution >= 4 is 0 Å². The summed E-state index contributed by atoms with van der Waals surface area (Å²) in [4.78, 5) is 0. The van der Waals surface area contributed by atoms with E-state index in [1.54, 1.807) is 0 Å². The maximum absolute atomic E-state index is 9.04. The molecule has 0 aromatic heterocycles. The summed E-state index contributed by atoms with van der Waals surface area (Å²) in [5.41, 5.74) is 0. The lowest BCUT2D eigenvalue weighted by Gasteiger charge is -2.17. The minimum Gasteiger partial charge on any atom is -0.392 e. The molecule has 1 saturated carbocycles. The molecule has 0 saturated heterocycles. The van der Waals surface area contributed by atoms with E-state index in [-0.39, 0.29) is 6.10 Å². The number of aliphatic hydroxyl groups excluding tert-OH is 1. The molecular weight excluding hydrogens is 138 g/mol. The van der Waals surface area contributed by atoms with Gasteiger partial charge in [0.25, 0.3) is 0 Å². The van der Waals surface area contributed by atoms with E-state index in [9.17, 15) is 0 Å². The molecule has 1 aliphatic carbocycles. The fraction of sp³-hybridized carbons (Fsp3) is 1.00. The molecule has 0 radical (unpaired) electrons. The van der Waals surface area contributed by atoms with E-state index >= 15 is 0 Å². The monoisotopic (exact) mass is 157 g/mol. The van der Waals surface area contributed by atoms with Crippen molar-refractivity contribution in [1.82, 2.24) is 5.32 Å². The molecule has 2 heteroatoms. The second-order valence-electron chi connectivity index (χ2n) is 3.77. The van der Waals surface area contributed by atoms with Gasteiger partial charge in [0, 0.05) is 12.6 Å². The van der Waals surface area contributed by atoms with E-state index in [1.165, 1.54) is 19.3 Å². The highest BCUT2D eigenvalue weighted by Gasteiger charge is 2.22. The minimum atomic E-state index is -0.206. The molecule has 0 aromatic carbocycles. The number of hydrogen-bond donors (Lipinski definition) is 2. The van der Waals surface area contributed by atoms with Crippen molar-refractivity contribution in [2.24, 2.45) is 5.92 Å². The summed E-state index contributed by atoms with van der Waals surface area (Å²) in [6.45, 7) is 4.86. The van der Waals surface area contributed by atoms with Crippen molar-refractivity contribution in [2.75, 3.05) is 6.54 Å². The third kappa shape index (κ3) is 2.80. The molecular formula is C9H19NO. The lowest BCUT2D eigenvalue weighted by Crippen LogP contribution is -2.35. The average molecular weight is 157 g/mol. The van der Waals surface area contributed by atoms with Gasteiger partial charge in [0.2, 0.25) is 0 Å². The molecule has 0 bridgehead atoms. The van der Waals surface area contributed by atoms with Crippen LogP contribution in [0.15, 0.2) is 0 Å². The molecule has 2 N–H and O–H groups in total. The SMILES string of the molecule is C[C@H](O)CN[C@@H]1CCC[C@@H]1C. The van der Waals surface area contributed by atoms with Crippen molar-refractivity contribution < 1.29 is 5.11 Å². The van der Waals surface area contributed by atoms with E-state index in [4.69, 9.17) is 5.11 Å². The fourth-order valence-electron chi connectivity index (χ4n) is 1.77. The van der Waals surface area contributed by atoms with E-state index in [1.807, 2.05) is 6.92 Å². The Kier molecular flexibility index (Phi) is 3.34. The lowest BCUT2D eigenvalue weighted by atomic mass is 10.1. The van der Waals surface area contributed by atoms with Gasteiger partial charge in [0.1, 0.15) is 0 Å². The van der Waals surface area contributed by atoms with E-state index in [0.717, 1.165) is 12.5 Å². The van der Waals surface area contributed by atoms with Gasteiger partial charge in [-0.25, -0.2) is 0 Å². The van der Waals surface area contributed by atoms with Crippen molar-refractivity contribution in [3.63, 3.8) is 0 Å². The highest BCUT2D eigenvalue weighted by molar-refractivity contribution is 4.80. The third-order valence-corrected chi connectivity index (χ3v) is 2.54. The molecule has 0 amide bonds. The smallest absolute Gasteiger partial charge is 0.0636 e. The van der Waals surface area contributed by atoms with Crippen LogP contribution in [0, 0.1) is 5.92 Å². The Morgan fingerprint density at radius 2 is 2.27 bits per heavy atom. The van der Waals surface area contributed by atoms with Crippen LogP contribution in [-0.4, -0.2) is 23.8 Å². The number of nitrogens with one attached hydrogen (secondary N) is 1. The van der Waals surface area contributed by atoms with Crippen LogP contribution < -0.4 is 5.32 Å². The van der Waals surface area contributed by atoms with Gasteiger partial charge in [-0.3, -0.25) is 0 Å². The number of rotatable bonds is 3. The normalized spacial score (nSPS) is 34.1. The first-order valence-corrected chi connectivity index (χ1v) is 4.61. The van der Waals surface area contributed by atoms with Gasteiger partial charge in [-0.2, -0.15) is 0 Å². The number of aliphatic hydroxyl groups is 1. The second kappa shape index (κ2) is 4.07. The Bertz CT molecular complexity index is 114. The minimum absolute atomic E-state index is 0.206. The fourth-order valence-corrected chi connectivity index (χ4v) is 1.77. The van der Waals surface area contributed by atoms with Crippen LogP contribution >= 0.6 is 0 Å². The Balaban J connectivity index is 2.15. The van der Waals surface area contributed by atoms with Crippen LogP contribution in [0.5, 0.6) is 0 Å². The Hall–Kier alpha value is -0.0800. The van der Waals surface area contributed by atoms with Crippen LogP contribution in [0.1, 0.15) is 33.1 Å². The molecule has 11 heavy (non-hydrogen) atoms. The van der Waals surface area contributed by atoms with Gasteiger partial charge in [-0.1, -0.05) is 13.3 Å². The second-order valence-corrected chi connectivity index (χ2v) is 3.77. The number of hydrogen-bond acceptors (Lipinski definition) is 2. The van der Waals surface area contributed by atoms with Gasteiger partial charge in [0.05, 0.1) is 6.10 Å². The van der Waals surface area contributed by atoms with Gasteiger partial charge in [0.15, 0.2) is 0 Å². The summed E-state index contributed by atoms with van der Waals surface area (Å²) >= 11 is 0. The largest absolute Gasteiger partial charge is 0.392 e. The van der Waals surface area contributed by atoms with Gasteiger partial charge in [-0.15, -0.1) is 0 Å². The molecule has 2 nitrogen and oxygen atoms in total. The molecule has 1 aliphatic rings. The Labute approximate surface area is 69.0 Å². The summed E-state index contributed by atoms with van der Waals surface area (Å²) in [6.07, 6.45) is 3.77. The maximum atomic E-state index is 9.04. The highest BCUT2D eigenvalue weighted by Crippen LogP contribution is 2.24. The first kappa shape index (κ1) is 9.01. The Morgan fingerprint density at radius 3 is 2.73 bits per heavy atom. The van der Waals surface area contributed by atoms with Crippen molar-refractivity contribution in [3.8, 4) is 0 Å². The van der Waals surface area contributed by atoms with Crippen LogP contribution in [0.2, 0.25) is 0 Å². The summed E-state index contributed by atoms with van der Waals surface area (Å²) < 4.78 is 0. The van der Waals surface area contributed by atoms with Gasteiger partial charge < -0.3 is 10.4 Å². The quantitative estimate of drug-likeness (QED) is 0.644. The highest BCUT2D eigenvalue weighted by atomic mass is 16.3. The lowest BCUT2D eigenvalue weighted by molar-refractivity contribution is 0.183. The maximum Gasteiger partial charge on any atom is 0.0636 e. The standard InChI is InChI=1S/C9H19NO/c1-7-4-3-5-9(7)10-6-8(2)11/h7-11H,3-6H2,1-2H3/t7-,8-,9+/m0/s1. The summed E-state index contributed by atoms with van der Waals surface area (Å²) in [5.74, 6) is 0.800.